The molecule has 94 valence electrons. The minimum absolute atomic E-state index is 0.800. The second-order valence-corrected chi connectivity index (χ2v) is 4.85. The zero-order chi connectivity index (χ0) is 13.1. The van der Waals surface area contributed by atoms with Gasteiger partial charge in [0.25, 0.3) is 0 Å². The summed E-state index contributed by atoms with van der Waals surface area (Å²) in [6.07, 6.45) is 1.37. The highest BCUT2D eigenvalue weighted by Crippen LogP contribution is 2.29. The number of nitrogens with one attached hydrogen (secondary N) is 2. The Balaban J connectivity index is 2.21. The van der Waals surface area contributed by atoms with Gasteiger partial charge in [-0.25, -0.2) is 0 Å². The number of aromatic nitrogens is 1. The van der Waals surface area contributed by atoms with Gasteiger partial charge in [-0.3, -0.25) is 0 Å². The molecule has 0 amide bonds. The third kappa shape index (κ3) is 2.41. The standard InChI is InChI=1S/C13H15N3OS/c1-8-5-4-6-12(11(8)7-14)16-18-13-9(2)15-17-10(13)3/h4-7,14,16H,1-3H3. The van der Waals surface area contributed by atoms with Crippen molar-refractivity contribution < 1.29 is 4.52 Å². The molecule has 2 rings (SSSR count). The van der Waals surface area contributed by atoms with E-state index in [0.29, 0.717) is 0 Å². The van der Waals surface area contributed by atoms with Gasteiger partial charge in [-0.2, -0.15) is 0 Å². The lowest BCUT2D eigenvalue weighted by atomic mass is 10.1. The molecule has 0 fully saturated rings. The molecule has 5 heteroatoms. The molecule has 0 aliphatic rings. The molecule has 1 aromatic heterocycles. The van der Waals surface area contributed by atoms with E-state index in [1.165, 1.54) is 18.2 Å². The molecule has 0 saturated heterocycles. The second-order valence-electron chi connectivity index (χ2n) is 4.04. The van der Waals surface area contributed by atoms with E-state index in [-0.39, 0.29) is 0 Å². The molecule has 0 aliphatic carbocycles. The van der Waals surface area contributed by atoms with Crippen molar-refractivity contribution in [2.75, 3.05) is 4.72 Å². The first kappa shape index (κ1) is 12.7. The van der Waals surface area contributed by atoms with Crippen molar-refractivity contribution in [1.82, 2.24) is 5.16 Å². The van der Waals surface area contributed by atoms with E-state index in [0.717, 1.165) is 33.2 Å². The lowest BCUT2D eigenvalue weighted by Crippen LogP contribution is -1.96. The van der Waals surface area contributed by atoms with Gasteiger partial charge in [0.1, 0.15) is 5.76 Å². The summed E-state index contributed by atoms with van der Waals surface area (Å²) < 4.78 is 8.36. The molecule has 0 unspecified atom stereocenters. The largest absolute Gasteiger partial charge is 0.360 e. The van der Waals surface area contributed by atoms with Crippen LogP contribution >= 0.6 is 11.9 Å². The third-order valence-corrected chi connectivity index (χ3v) is 3.81. The van der Waals surface area contributed by atoms with Gasteiger partial charge >= 0.3 is 0 Å². The molecule has 4 nitrogen and oxygen atoms in total. The molecule has 2 aromatic rings. The van der Waals surface area contributed by atoms with Gasteiger partial charge in [0, 0.05) is 11.8 Å². The van der Waals surface area contributed by atoms with Crippen molar-refractivity contribution in [3.63, 3.8) is 0 Å². The van der Waals surface area contributed by atoms with Crippen molar-refractivity contribution in [2.45, 2.75) is 25.7 Å². The maximum absolute atomic E-state index is 7.46. The maximum atomic E-state index is 7.46. The molecule has 0 atom stereocenters. The molecule has 0 aliphatic heterocycles. The van der Waals surface area contributed by atoms with Crippen molar-refractivity contribution in [3.8, 4) is 0 Å². The lowest BCUT2D eigenvalue weighted by Gasteiger charge is -2.10. The Bertz CT molecular complexity index is 558. The average molecular weight is 261 g/mol. The average Bonchev–Trinajstić information content (AvgIpc) is 2.67. The van der Waals surface area contributed by atoms with E-state index in [9.17, 15) is 0 Å². The molecule has 0 spiro atoms. The van der Waals surface area contributed by atoms with Crippen molar-refractivity contribution in [3.05, 3.63) is 40.8 Å². The van der Waals surface area contributed by atoms with E-state index >= 15 is 0 Å². The van der Waals surface area contributed by atoms with Crippen LogP contribution in [0.15, 0.2) is 27.6 Å². The van der Waals surface area contributed by atoms with Gasteiger partial charge in [-0.15, -0.1) is 0 Å². The van der Waals surface area contributed by atoms with Crippen LogP contribution in [0.25, 0.3) is 0 Å². The van der Waals surface area contributed by atoms with Crippen LogP contribution in [0.5, 0.6) is 0 Å². The summed E-state index contributed by atoms with van der Waals surface area (Å²) in [5, 5.41) is 11.4. The summed E-state index contributed by atoms with van der Waals surface area (Å²) in [7, 11) is 0. The molecule has 1 heterocycles. The lowest BCUT2D eigenvalue weighted by molar-refractivity contribution is 0.391. The van der Waals surface area contributed by atoms with E-state index in [4.69, 9.17) is 9.93 Å². The van der Waals surface area contributed by atoms with Crippen LogP contribution in [-0.4, -0.2) is 11.4 Å². The van der Waals surface area contributed by atoms with Gasteiger partial charge in [0.2, 0.25) is 0 Å². The first-order valence-corrected chi connectivity index (χ1v) is 6.41. The van der Waals surface area contributed by atoms with Gasteiger partial charge < -0.3 is 14.7 Å². The number of hydrogen-bond acceptors (Lipinski definition) is 5. The smallest absolute Gasteiger partial charge is 0.149 e. The van der Waals surface area contributed by atoms with Gasteiger partial charge in [-0.05, 0) is 44.3 Å². The zero-order valence-corrected chi connectivity index (χ0v) is 11.4. The number of nitrogens with zero attached hydrogens (tertiary/aromatic N) is 1. The van der Waals surface area contributed by atoms with Crippen LogP contribution < -0.4 is 4.72 Å². The first-order chi connectivity index (χ1) is 8.63. The molecule has 0 bridgehead atoms. The van der Waals surface area contributed by atoms with Crippen molar-refractivity contribution >= 4 is 23.8 Å². The quantitative estimate of drug-likeness (QED) is 0.650. The Morgan fingerprint density at radius 2 is 2.11 bits per heavy atom. The summed E-state index contributed by atoms with van der Waals surface area (Å²) >= 11 is 1.46. The summed E-state index contributed by atoms with van der Waals surface area (Å²) in [6, 6.07) is 5.92. The highest BCUT2D eigenvalue weighted by molar-refractivity contribution is 8.00. The summed E-state index contributed by atoms with van der Waals surface area (Å²) in [5.41, 5.74) is 3.77. The van der Waals surface area contributed by atoms with Gasteiger partial charge in [-0.1, -0.05) is 17.3 Å². The second kappa shape index (κ2) is 5.27. The van der Waals surface area contributed by atoms with Crippen LogP contribution in [0.4, 0.5) is 5.69 Å². The SMILES string of the molecule is Cc1cccc(NSc2c(C)noc2C)c1C=N. The fourth-order valence-corrected chi connectivity index (χ4v) is 2.44. The van der Waals surface area contributed by atoms with Crippen LogP contribution in [0.1, 0.15) is 22.6 Å². The Hall–Kier alpha value is -1.75. The Kier molecular flexibility index (Phi) is 3.72. The van der Waals surface area contributed by atoms with Crippen LogP contribution in [0, 0.1) is 26.2 Å². The highest BCUT2D eigenvalue weighted by Gasteiger charge is 2.10. The Morgan fingerprint density at radius 3 is 2.72 bits per heavy atom. The van der Waals surface area contributed by atoms with E-state index in [1.54, 1.807) is 0 Å². The van der Waals surface area contributed by atoms with E-state index in [1.807, 2.05) is 39.0 Å². The van der Waals surface area contributed by atoms with Crippen LogP contribution in [-0.2, 0) is 0 Å². The normalized spacial score (nSPS) is 10.4. The summed E-state index contributed by atoms with van der Waals surface area (Å²) in [5.74, 6) is 0.800. The number of anilines is 1. The third-order valence-electron chi connectivity index (χ3n) is 2.70. The minimum atomic E-state index is 0.800. The summed E-state index contributed by atoms with van der Waals surface area (Å²) in [6.45, 7) is 5.79. The fourth-order valence-electron chi connectivity index (χ4n) is 1.69. The van der Waals surface area contributed by atoms with Crippen LogP contribution in [0.2, 0.25) is 0 Å². The monoisotopic (exact) mass is 261 g/mol. The van der Waals surface area contributed by atoms with E-state index < -0.39 is 0 Å². The van der Waals surface area contributed by atoms with Crippen molar-refractivity contribution in [1.29, 1.82) is 5.41 Å². The topological polar surface area (TPSA) is 61.9 Å². The molecule has 2 N–H and O–H groups in total. The zero-order valence-electron chi connectivity index (χ0n) is 10.6. The van der Waals surface area contributed by atoms with Crippen LogP contribution in [0.3, 0.4) is 0 Å². The molecule has 1 aromatic carbocycles. The molecule has 18 heavy (non-hydrogen) atoms. The Morgan fingerprint density at radius 1 is 1.33 bits per heavy atom. The van der Waals surface area contributed by atoms with Gasteiger partial charge in [0.05, 0.1) is 16.3 Å². The predicted molar refractivity (Wildman–Crippen MR) is 74.5 cm³/mol. The first-order valence-electron chi connectivity index (χ1n) is 5.59. The maximum Gasteiger partial charge on any atom is 0.149 e. The fraction of sp³-hybridized carbons (Fsp3) is 0.231. The Labute approximate surface area is 110 Å². The van der Waals surface area contributed by atoms with Crippen molar-refractivity contribution in [2.24, 2.45) is 0 Å². The molecule has 0 radical (unpaired) electrons. The highest BCUT2D eigenvalue weighted by atomic mass is 32.2. The van der Waals surface area contributed by atoms with E-state index in [2.05, 4.69) is 9.88 Å². The number of benzene rings is 1. The molecular weight excluding hydrogens is 246 g/mol. The number of hydrogen-bond donors (Lipinski definition) is 2. The molecular formula is C13H15N3OS. The predicted octanol–water partition coefficient (Wildman–Crippen LogP) is 3.72. The number of aryl methyl sites for hydroxylation is 3. The summed E-state index contributed by atoms with van der Waals surface area (Å²) in [4.78, 5) is 0.993. The van der Waals surface area contributed by atoms with Gasteiger partial charge in [0.15, 0.2) is 0 Å². The molecule has 0 saturated carbocycles. The minimum Gasteiger partial charge on any atom is -0.360 e. The number of rotatable bonds is 4.